The number of benzene rings is 2. The number of nitrogens with zero attached hydrogens (tertiary/aromatic N) is 1. The minimum atomic E-state index is -3.66. The highest BCUT2D eigenvalue weighted by atomic mass is 35.5. The van der Waals surface area contributed by atoms with Crippen molar-refractivity contribution in [1.29, 1.82) is 0 Å². The number of Topliss-reactive ketones (excluding diaryl/α,β-unsaturated/α-hetero) is 1. The predicted octanol–water partition coefficient (Wildman–Crippen LogP) is 3.31. The first kappa shape index (κ1) is 21.4. The van der Waals surface area contributed by atoms with Gasteiger partial charge in [0.1, 0.15) is 5.82 Å². The Morgan fingerprint density at radius 2 is 1.62 bits per heavy atom. The van der Waals surface area contributed by atoms with Gasteiger partial charge in [-0.1, -0.05) is 11.6 Å². The van der Waals surface area contributed by atoms with Crippen LogP contribution in [0.4, 0.5) is 4.39 Å². The molecule has 0 saturated carbocycles. The fourth-order valence-corrected chi connectivity index (χ4v) is 4.66. The molecular weight excluding hydrogens is 421 g/mol. The normalized spacial score (nSPS) is 15.8. The molecule has 0 spiro atoms. The average Bonchev–Trinajstić information content (AvgIpc) is 2.72. The Morgan fingerprint density at radius 1 is 1.03 bits per heavy atom. The number of ether oxygens (including phenoxy) is 1. The van der Waals surface area contributed by atoms with Crippen molar-refractivity contribution in [1.82, 2.24) is 4.31 Å². The van der Waals surface area contributed by atoms with Crippen LogP contribution >= 0.6 is 11.6 Å². The molecule has 0 N–H and O–H groups in total. The summed E-state index contributed by atoms with van der Waals surface area (Å²) in [6.45, 7) is -0.0823. The molecule has 0 radical (unpaired) electrons. The van der Waals surface area contributed by atoms with E-state index in [-0.39, 0.29) is 23.5 Å². The van der Waals surface area contributed by atoms with Gasteiger partial charge < -0.3 is 4.74 Å². The van der Waals surface area contributed by atoms with E-state index in [4.69, 9.17) is 16.3 Å². The highest BCUT2D eigenvalue weighted by Gasteiger charge is 2.33. The van der Waals surface area contributed by atoms with Crippen molar-refractivity contribution in [3.63, 3.8) is 0 Å². The second-order valence-corrected chi connectivity index (χ2v) is 9.04. The van der Waals surface area contributed by atoms with E-state index in [1.54, 1.807) is 0 Å². The van der Waals surface area contributed by atoms with E-state index in [9.17, 15) is 22.4 Å². The Balaban J connectivity index is 1.52. The molecule has 29 heavy (non-hydrogen) atoms. The van der Waals surface area contributed by atoms with E-state index >= 15 is 0 Å². The lowest BCUT2D eigenvalue weighted by molar-refractivity contribution is -0.148. The quantitative estimate of drug-likeness (QED) is 0.509. The van der Waals surface area contributed by atoms with Gasteiger partial charge in [0.25, 0.3) is 0 Å². The summed E-state index contributed by atoms with van der Waals surface area (Å²) in [5, 5.41) is 0.445. The standard InChI is InChI=1S/C20H19ClFNO5S/c21-16-3-7-18(8-4-16)29(26,27)23-11-9-15(10-12-23)20(25)28-13-19(24)14-1-5-17(22)6-2-14/h1-8,15H,9-13H2. The smallest absolute Gasteiger partial charge is 0.309 e. The minimum absolute atomic E-state index is 0.146. The molecule has 0 amide bonds. The molecular formula is C20H19ClFNO5S. The first-order valence-corrected chi connectivity index (χ1v) is 10.8. The van der Waals surface area contributed by atoms with Gasteiger partial charge >= 0.3 is 5.97 Å². The fourth-order valence-electron chi connectivity index (χ4n) is 3.06. The second kappa shape index (κ2) is 9.02. The van der Waals surface area contributed by atoms with Crippen molar-refractivity contribution in [2.75, 3.05) is 19.7 Å². The molecule has 1 saturated heterocycles. The van der Waals surface area contributed by atoms with Crippen molar-refractivity contribution < 1.29 is 27.1 Å². The van der Waals surface area contributed by atoms with Gasteiger partial charge in [0.05, 0.1) is 10.8 Å². The first-order valence-electron chi connectivity index (χ1n) is 8.98. The number of halogens is 2. The van der Waals surface area contributed by atoms with Crippen LogP contribution in [-0.2, 0) is 19.6 Å². The fraction of sp³-hybridized carbons (Fsp3) is 0.300. The van der Waals surface area contributed by atoms with Crippen LogP contribution in [0.2, 0.25) is 5.02 Å². The summed E-state index contributed by atoms with van der Waals surface area (Å²) in [5.41, 5.74) is 0.253. The van der Waals surface area contributed by atoms with Crippen LogP contribution in [0.1, 0.15) is 23.2 Å². The number of piperidine rings is 1. The Labute approximate surface area is 173 Å². The van der Waals surface area contributed by atoms with Crippen LogP contribution in [0, 0.1) is 11.7 Å². The number of carbonyl (C=O) groups excluding carboxylic acids is 2. The van der Waals surface area contributed by atoms with Crippen molar-refractivity contribution in [2.45, 2.75) is 17.7 Å². The summed E-state index contributed by atoms with van der Waals surface area (Å²) in [7, 11) is -3.66. The summed E-state index contributed by atoms with van der Waals surface area (Å²) < 4.78 is 44.6. The van der Waals surface area contributed by atoms with E-state index < -0.39 is 40.1 Å². The zero-order chi connectivity index (χ0) is 21.0. The maximum absolute atomic E-state index is 12.9. The van der Waals surface area contributed by atoms with Crippen molar-refractivity contribution >= 4 is 33.4 Å². The van der Waals surface area contributed by atoms with Gasteiger partial charge in [0.2, 0.25) is 10.0 Å². The van der Waals surface area contributed by atoms with Crippen molar-refractivity contribution in [3.05, 3.63) is 64.9 Å². The molecule has 2 aromatic carbocycles. The molecule has 0 unspecified atom stereocenters. The number of hydrogen-bond donors (Lipinski definition) is 0. The Bertz CT molecular complexity index is 985. The predicted molar refractivity (Wildman–Crippen MR) is 105 cm³/mol. The summed E-state index contributed by atoms with van der Waals surface area (Å²) in [5.74, 6) is -1.91. The van der Waals surface area contributed by atoms with Crippen LogP contribution in [0.15, 0.2) is 53.4 Å². The van der Waals surface area contributed by atoms with E-state index in [2.05, 4.69) is 0 Å². The monoisotopic (exact) mass is 439 g/mol. The average molecular weight is 440 g/mol. The molecule has 0 aromatic heterocycles. The molecule has 154 valence electrons. The molecule has 3 rings (SSSR count). The second-order valence-electron chi connectivity index (χ2n) is 6.67. The van der Waals surface area contributed by atoms with Gasteiger partial charge in [-0.3, -0.25) is 9.59 Å². The molecule has 2 aromatic rings. The molecule has 1 heterocycles. The Kier molecular flexibility index (Phi) is 6.66. The van der Waals surface area contributed by atoms with Gasteiger partial charge in [0.15, 0.2) is 12.4 Å². The summed E-state index contributed by atoms with van der Waals surface area (Å²) in [4.78, 5) is 24.4. The van der Waals surface area contributed by atoms with Crippen LogP contribution in [0.3, 0.4) is 0 Å². The molecule has 9 heteroatoms. The van der Waals surface area contributed by atoms with Crippen LogP contribution in [0.5, 0.6) is 0 Å². The zero-order valence-corrected chi connectivity index (χ0v) is 17.0. The molecule has 6 nitrogen and oxygen atoms in total. The molecule has 1 fully saturated rings. The minimum Gasteiger partial charge on any atom is -0.457 e. The Hall–Kier alpha value is -2.29. The summed E-state index contributed by atoms with van der Waals surface area (Å²) in [6, 6.07) is 10.9. The summed E-state index contributed by atoms with van der Waals surface area (Å²) >= 11 is 5.80. The van der Waals surface area contributed by atoms with E-state index in [1.807, 2.05) is 0 Å². The molecule has 0 atom stereocenters. The SMILES string of the molecule is O=C(COC(=O)C1CCN(S(=O)(=O)c2ccc(Cl)cc2)CC1)c1ccc(F)cc1. The number of carbonyl (C=O) groups is 2. The third kappa shape index (κ3) is 5.20. The van der Waals surface area contributed by atoms with Gasteiger partial charge in [0, 0.05) is 23.7 Å². The lowest BCUT2D eigenvalue weighted by Crippen LogP contribution is -2.40. The van der Waals surface area contributed by atoms with Crippen molar-refractivity contribution in [3.8, 4) is 0 Å². The van der Waals surface area contributed by atoms with Gasteiger partial charge in [-0.15, -0.1) is 0 Å². The highest BCUT2D eigenvalue weighted by Crippen LogP contribution is 2.25. The molecule has 0 bridgehead atoms. The Morgan fingerprint density at radius 3 is 2.21 bits per heavy atom. The third-order valence-corrected chi connectivity index (χ3v) is 6.92. The largest absolute Gasteiger partial charge is 0.457 e. The van der Waals surface area contributed by atoms with Crippen molar-refractivity contribution in [2.24, 2.45) is 5.92 Å². The number of ketones is 1. The van der Waals surface area contributed by atoms with Gasteiger partial charge in [-0.2, -0.15) is 4.31 Å². The van der Waals surface area contributed by atoms with Crippen LogP contribution < -0.4 is 0 Å². The van der Waals surface area contributed by atoms with E-state index in [0.717, 1.165) is 12.1 Å². The van der Waals surface area contributed by atoms with E-state index in [0.29, 0.717) is 17.9 Å². The highest BCUT2D eigenvalue weighted by molar-refractivity contribution is 7.89. The number of hydrogen-bond acceptors (Lipinski definition) is 5. The van der Waals surface area contributed by atoms with Crippen LogP contribution in [-0.4, -0.2) is 44.2 Å². The third-order valence-electron chi connectivity index (χ3n) is 4.75. The maximum Gasteiger partial charge on any atom is 0.309 e. The molecule has 1 aliphatic heterocycles. The van der Waals surface area contributed by atoms with Gasteiger partial charge in [-0.25, -0.2) is 12.8 Å². The molecule has 1 aliphatic rings. The number of rotatable bonds is 6. The lowest BCUT2D eigenvalue weighted by Gasteiger charge is -2.30. The molecule has 0 aliphatic carbocycles. The topological polar surface area (TPSA) is 80.8 Å². The number of esters is 1. The lowest BCUT2D eigenvalue weighted by atomic mass is 9.98. The van der Waals surface area contributed by atoms with Gasteiger partial charge in [-0.05, 0) is 61.4 Å². The maximum atomic E-state index is 12.9. The summed E-state index contributed by atoms with van der Waals surface area (Å²) in [6.07, 6.45) is 0.604. The van der Waals surface area contributed by atoms with Crippen LogP contribution in [0.25, 0.3) is 0 Å². The van der Waals surface area contributed by atoms with E-state index in [1.165, 1.54) is 40.7 Å². The first-order chi connectivity index (χ1) is 13.8. The zero-order valence-electron chi connectivity index (χ0n) is 15.4. The number of sulfonamides is 1.